The van der Waals surface area contributed by atoms with Gasteiger partial charge in [-0.2, -0.15) is 13.2 Å². The molecule has 6 nitrogen and oxygen atoms in total. The van der Waals surface area contributed by atoms with Gasteiger partial charge in [0.15, 0.2) is 0 Å². The number of amides is 1. The van der Waals surface area contributed by atoms with E-state index in [4.69, 9.17) is 19.8 Å². The second-order valence-corrected chi connectivity index (χ2v) is 9.07. The van der Waals surface area contributed by atoms with Crippen molar-refractivity contribution in [1.29, 1.82) is 0 Å². The molecule has 1 amide bonds. The third-order valence-corrected chi connectivity index (χ3v) is 5.94. The molecule has 2 aromatic carbocycles. The first kappa shape index (κ1) is 25.6. The van der Waals surface area contributed by atoms with Gasteiger partial charge in [0.2, 0.25) is 0 Å². The number of nitrogen functional groups attached to an aromatic ring is 1. The number of alkyl carbamates (subject to hydrolysis) is 1. The van der Waals surface area contributed by atoms with Crippen LogP contribution in [-0.2, 0) is 26.8 Å². The summed E-state index contributed by atoms with van der Waals surface area (Å²) in [4.78, 5) is 12.3. The van der Waals surface area contributed by atoms with Crippen molar-refractivity contribution in [3.63, 3.8) is 0 Å². The molecular formula is C24H28BF3N2O4. The molecule has 1 heterocycles. The number of nitrogens with one attached hydrogen (secondary N) is 1. The van der Waals surface area contributed by atoms with Gasteiger partial charge in [-0.15, -0.1) is 0 Å². The van der Waals surface area contributed by atoms with E-state index >= 15 is 0 Å². The Morgan fingerprint density at radius 2 is 1.71 bits per heavy atom. The number of carbonyl (C=O) groups excluding carboxylic acids is 1. The minimum absolute atomic E-state index is 0.0593. The second-order valence-electron chi connectivity index (χ2n) is 9.07. The van der Waals surface area contributed by atoms with Crippen LogP contribution in [0.2, 0.25) is 0 Å². The predicted octanol–water partition coefficient (Wildman–Crippen LogP) is 5.23. The van der Waals surface area contributed by atoms with Crippen LogP contribution in [0.1, 0.15) is 44.4 Å². The average Bonchev–Trinajstić information content (AvgIpc) is 2.97. The summed E-state index contributed by atoms with van der Waals surface area (Å²) in [6.45, 7) is 7.45. The molecule has 0 unspecified atom stereocenters. The average molecular weight is 476 g/mol. The number of benzene rings is 2. The summed E-state index contributed by atoms with van der Waals surface area (Å²) in [5.41, 5.74) is 4.34. The Balaban J connectivity index is 1.81. The normalized spacial score (nSPS) is 17.5. The first-order chi connectivity index (χ1) is 15.8. The Hall–Kier alpha value is -2.98. The molecule has 0 aliphatic carbocycles. The van der Waals surface area contributed by atoms with E-state index < -0.39 is 36.2 Å². The number of rotatable bonds is 6. The number of halogens is 3. The van der Waals surface area contributed by atoms with Gasteiger partial charge in [0.25, 0.3) is 0 Å². The van der Waals surface area contributed by atoms with Crippen molar-refractivity contribution in [3.8, 4) is 0 Å². The summed E-state index contributed by atoms with van der Waals surface area (Å²) >= 11 is 0. The van der Waals surface area contributed by atoms with Gasteiger partial charge < -0.3 is 25.1 Å². The summed E-state index contributed by atoms with van der Waals surface area (Å²) < 4.78 is 57.3. The van der Waals surface area contributed by atoms with E-state index in [2.05, 4.69) is 5.32 Å². The molecule has 0 radical (unpaired) electrons. The van der Waals surface area contributed by atoms with E-state index in [1.54, 1.807) is 0 Å². The molecule has 34 heavy (non-hydrogen) atoms. The monoisotopic (exact) mass is 476 g/mol. The number of hydrogen-bond donors (Lipinski definition) is 2. The lowest BCUT2D eigenvalue weighted by molar-refractivity contribution is -0.136. The van der Waals surface area contributed by atoms with Crippen LogP contribution in [0.3, 0.4) is 0 Å². The number of ether oxygens (including phenoxy) is 1. The van der Waals surface area contributed by atoms with Crippen LogP contribution in [-0.4, -0.2) is 31.0 Å². The lowest BCUT2D eigenvalue weighted by Gasteiger charge is -2.32. The molecule has 182 valence electrons. The molecule has 1 aliphatic rings. The van der Waals surface area contributed by atoms with Crippen molar-refractivity contribution in [2.45, 2.75) is 51.7 Å². The topological polar surface area (TPSA) is 82.8 Å². The Morgan fingerprint density at radius 3 is 2.29 bits per heavy atom. The SMILES string of the molecule is CC1(C)OB(C(=Cc2ccc(N)c(C(F)(F)F)c2)CNC(=O)OCc2ccccc2)OC1(C)C. The van der Waals surface area contributed by atoms with Crippen molar-refractivity contribution >= 4 is 25.0 Å². The van der Waals surface area contributed by atoms with Gasteiger partial charge in [-0.3, -0.25) is 0 Å². The van der Waals surface area contributed by atoms with E-state index in [0.29, 0.717) is 5.47 Å². The van der Waals surface area contributed by atoms with E-state index in [-0.39, 0.29) is 24.4 Å². The van der Waals surface area contributed by atoms with Crippen LogP contribution in [0.15, 0.2) is 54.0 Å². The highest BCUT2D eigenvalue weighted by atomic mass is 19.4. The molecule has 1 aliphatic heterocycles. The lowest BCUT2D eigenvalue weighted by Crippen LogP contribution is -2.41. The molecule has 10 heteroatoms. The quantitative estimate of drug-likeness (QED) is 0.441. The number of carbonyl (C=O) groups is 1. The number of alkyl halides is 3. The zero-order chi connectivity index (χ0) is 25.1. The van der Waals surface area contributed by atoms with Crippen LogP contribution >= 0.6 is 0 Å². The summed E-state index contributed by atoms with van der Waals surface area (Å²) in [6.07, 6.45) is -3.79. The van der Waals surface area contributed by atoms with Crippen LogP contribution in [0.25, 0.3) is 6.08 Å². The third kappa shape index (κ3) is 6.12. The fourth-order valence-electron chi connectivity index (χ4n) is 3.27. The number of nitrogens with two attached hydrogens (primary N) is 1. The maximum absolute atomic E-state index is 13.3. The third-order valence-electron chi connectivity index (χ3n) is 5.94. The van der Waals surface area contributed by atoms with Gasteiger partial charge in [0, 0.05) is 12.2 Å². The minimum Gasteiger partial charge on any atom is -0.445 e. The van der Waals surface area contributed by atoms with Crippen molar-refractivity contribution in [3.05, 3.63) is 70.7 Å². The second kappa shape index (κ2) is 9.72. The first-order valence-corrected chi connectivity index (χ1v) is 10.8. The summed E-state index contributed by atoms with van der Waals surface area (Å²) in [7, 11) is -0.883. The van der Waals surface area contributed by atoms with E-state index in [1.165, 1.54) is 18.2 Å². The highest BCUT2D eigenvalue weighted by Gasteiger charge is 2.52. The van der Waals surface area contributed by atoms with Gasteiger partial charge in [-0.05, 0) is 56.4 Å². The van der Waals surface area contributed by atoms with Crippen molar-refractivity contribution in [2.75, 3.05) is 12.3 Å². The summed E-state index contributed by atoms with van der Waals surface area (Å²) in [5.74, 6) is 0. The van der Waals surface area contributed by atoms with Crippen LogP contribution in [0, 0.1) is 0 Å². The fourth-order valence-corrected chi connectivity index (χ4v) is 3.27. The van der Waals surface area contributed by atoms with Crippen molar-refractivity contribution in [2.24, 2.45) is 0 Å². The Kier molecular flexibility index (Phi) is 7.33. The molecule has 1 saturated heterocycles. The molecule has 0 saturated carbocycles. The maximum Gasteiger partial charge on any atom is 0.492 e. The maximum atomic E-state index is 13.3. The van der Waals surface area contributed by atoms with Crippen LogP contribution in [0.5, 0.6) is 0 Å². The zero-order valence-electron chi connectivity index (χ0n) is 19.5. The minimum atomic E-state index is -4.60. The van der Waals surface area contributed by atoms with Gasteiger partial charge in [0.05, 0.1) is 16.8 Å². The Morgan fingerprint density at radius 1 is 1.09 bits per heavy atom. The molecule has 0 bridgehead atoms. The highest BCUT2D eigenvalue weighted by molar-refractivity contribution is 6.56. The molecule has 3 N–H and O–H groups in total. The molecule has 0 spiro atoms. The largest absolute Gasteiger partial charge is 0.492 e. The van der Waals surface area contributed by atoms with E-state index in [0.717, 1.165) is 11.6 Å². The van der Waals surface area contributed by atoms with Crippen molar-refractivity contribution in [1.82, 2.24) is 5.32 Å². The van der Waals surface area contributed by atoms with Gasteiger partial charge >= 0.3 is 19.4 Å². The van der Waals surface area contributed by atoms with Crippen LogP contribution in [0.4, 0.5) is 23.7 Å². The zero-order valence-corrected chi connectivity index (χ0v) is 19.5. The lowest BCUT2D eigenvalue weighted by atomic mass is 9.77. The predicted molar refractivity (Wildman–Crippen MR) is 125 cm³/mol. The van der Waals surface area contributed by atoms with E-state index in [9.17, 15) is 18.0 Å². The molecule has 0 atom stereocenters. The Bertz CT molecular complexity index is 1040. The highest BCUT2D eigenvalue weighted by Crippen LogP contribution is 2.39. The van der Waals surface area contributed by atoms with Crippen molar-refractivity contribution < 1.29 is 32.0 Å². The number of hydrogen-bond acceptors (Lipinski definition) is 5. The molecular weight excluding hydrogens is 448 g/mol. The van der Waals surface area contributed by atoms with Gasteiger partial charge in [-0.25, -0.2) is 4.79 Å². The van der Waals surface area contributed by atoms with Gasteiger partial charge in [-0.1, -0.05) is 42.5 Å². The molecule has 3 rings (SSSR count). The molecule has 0 aromatic heterocycles. The molecule has 2 aromatic rings. The number of anilines is 1. The smallest absolute Gasteiger partial charge is 0.445 e. The first-order valence-electron chi connectivity index (χ1n) is 10.8. The van der Waals surface area contributed by atoms with Crippen LogP contribution < -0.4 is 11.1 Å². The summed E-state index contributed by atoms with van der Waals surface area (Å²) in [6, 6.07) is 12.8. The standard InChI is InChI=1S/C24H28BF3N2O4/c1-22(2)23(3,4)34-25(33-22)18(12-17-10-11-20(29)19(13-17)24(26,27)28)14-30-21(31)32-15-16-8-6-5-7-9-16/h5-13H,14-15,29H2,1-4H3,(H,30,31). The summed E-state index contributed by atoms with van der Waals surface area (Å²) in [5, 5.41) is 2.62. The van der Waals surface area contributed by atoms with Gasteiger partial charge in [0.1, 0.15) is 6.61 Å². The Labute approximate surface area is 197 Å². The fraction of sp³-hybridized carbons (Fsp3) is 0.375. The molecule has 1 fully saturated rings. The van der Waals surface area contributed by atoms with E-state index in [1.807, 2.05) is 58.0 Å².